The second-order valence-electron chi connectivity index (χ2n) is 12.0. The van der Waals surface area contributed by atoms with E-state index in [1.54, 1.807) is 0 Å². The molecule has 0 aliphatic carbocycles. The molecule has 0 fully saturated rings. The first-order valence-corrected chi connectivity index (χ1v) is 15.3. The van der Waals surface area contributed by atoms with Gasteiger partial charge in [-0.1, -0.05) is 145 Å². The quantitative estimate of drug-likeness (QED) is 0.120. The van der Waals surface area contributed by atoms with E-state index in [9.17, 15) is 0 Å². The molecule has 0 heteroatoms. The molecule has 0 bridgehead atoms. The van der Waals surface area contributed by atoms with Gasteiger partial charge in [0, 0.05) is 0 Å². The van der Waals surface area contributed by atoms with Crippen molar-refractivity contribution >= 4 is 0 Å². The summed E-state index contributed by atoms with van der Waals surface area (Å²) < 4.78 is 0. The summed E-state index contributed by atoms with van der Waals surface area (Å²) in [5.41, 5.74) is 7.87. The van der Waals surface area contributed by atoms with E-state index in [2.05, 4.69) is 166 Å². The molecule has 0 aromatic rings. The summed E-state index contributed by atoms with van der Waals surface area (Å²) in [5, 5.41) is 0. The summed E-state index contributed by atoms with van der Waals surface area (Å²) in [7, 11) is 0. The Hall–Kier alpha value is -2.86. The van der Waals surface area contributed by atoms with Crippen molar-refractivity contribution in [1.29, 1.82) is 0 Å². The minimum absolute atomic E-state index is 0.727. The van der Waals surface area contributed by atoms with E-state index in [-0.39, 0.29) is 0 Å². The molecular formula is C40H60. The Morgan fingerprint density at radius 3 is 1.12 bits per heavy atom. The minimum Gasteiger partial charge on any atom is -0.0859 e. The molecule has 0 aliphatic rings. The molecule has 0 aliphatic heterocycles. The van der Waals surface area contributed by atoms with Crippen LogP contribution in [0.1, 0.15) is 108 Å². The zero-order valence-electron chi connectivity index (χ0n) is 27.6. The van der Waals surface area contributed by atoms with Crippen LogP contribution >= 0.6 is 0 Å². The lowest BCUT2D eigenvalue weighted by atomic mass is 10.0. The van der Waals surface area contributed by atoms with E-state index in [1.807, 2.05) is 0 Å². The van der Waals surface area contributed by atoms with E-state index in [4.69, 9.17) is 0 Å². The normalized spacial score (nSPS) is 15.8. The van der Waals surface area contributed by atoms with Crippen molar-refractivity contribution in [3.05, 3.63) is 131 Å². The summed E-state index contributed by atoms with van der Waals surface area (Å²) in [6.45, 7) is 22.0. The lowest BCUT2D eigenvalue weighted by Gasteiger charge is -2.06. The molecule has 2 unspecified atom stereocenters. The van der Waals surface area contributed by atoms with Crippen molar-refractivity contribution < 1.29 is 0 Å². The van der Waals surface area contributed by atoms with Crippen molar-refractivity contribution in [2.75, 3.05) is 0 Å². The Morgan fingerprint density at radius 2 is 0.775 bits per heavy atom. The van der Waals surface area contributed by atoms with Crippen LogP contribution in [0, 0.1) is 11.8 Å². The largest absolute Gasteiger partial charge is 0.0859 e. The van der Waals surface area contributed by atoms with Gasteiger partial charge in [0.05, 0.1) is 0 Å². The first kappa shape index (κ1) is 37.1. The van der Waals surface area contributed by atoms with Crippen LogP contribution < -0.4 is 0 Å². The molecule has 0 aromatic heterocycles. The lowest BCUT2D eigenvalue weighted by Crippen LogP contribution is -1.91. The van der Waals surface area contributed by atoms with Crippen LogP contribution in [0.2, 0.25) is 0 Å². The first-order chi connectivity index (χ1) is 19.0. The smallest absolute Gasteiger partial charge is 0.0322 e. The lowest BCUT2D eigenvalue weighted by molar-refractivity contribution is 0.545. The average molecular weight is 541 g/mol. The minimum atomic E-state index is 0.727. The third kappa shape index (κ3) is 25.4. The maximum absolute atomic E-state index is 2.34. The topological polar surface area (TPSA) is 0 Å². The Labute approximate surface area is 249 Å². The van der Waals surface area contributed by atoms with E-state index in [0.29, 0.717) is 0 Å². The zero-order valence-corrected chi connectivity index (χ0v) is 27.6. The molecule has 0 spiro atoms. The van der Waals surface area contributed by atoms with E-state index in [1.165, 1.54) is 59.1 Å². The monoisotopic (exact) mass is 540 g/mol. The third-order valence-electron chi connectivity index (χ3n) is 6.53. The van der Waals surface area contributed by atoms with Crippen LogP contribution in [-0.2, 0) is 0 Å². The van der Waals surface area contributed by atoms with Crippen molar-refractivity contribution in [3.63, 3.8) is 0 Å². The van der Waals surface area contributed by atoms with Crippen molar-refractivity contribution in [2.45, 2.75) is 108 Å². The van der Waals surface area contributed by atoms with Gasteiger partial charge in [-0.15, -0.1) is 0 Å². The first-order valence-electron chi connectivity index (χ1n) is 15.3. The molecule has 220 valence electrons. The average Bonchev–Trinajstić information content (AvgIpc) is 2.86. The molecule has 0 heterocycles. The van der Waals surface area contributed by atoms with Gasteiger partial charge in [-0.25, -0.2) is 0 Å². The maximum Gasteiger partial charge on any atom is -0.0322 e. The molecule has 0 amide bonds. The van der Waals surface area contributed by atoms with E-state index < -0.39 is 0 Å². The van der Waals surface area contributed by atoms with Crippen LogP contribution in [0.4, 0.5) is 0 Å². The van der Waals surface area contributed by atoms with Crippen LogP contribution in [0.25, 0.3) is 0 Å². The standard InChI is InChI=1S/C40H60/c1-33(2)19-13-23-37(7)27-17-31-39(9)29-15-25-35(5)21-11-12-22-36(6)26-16-30-40(10)32-18-28-38(8)24-14-20-34(3)4/h11-12,15-22,25-26,29-32,37-38H,13-14,23-24,27-28H2,1-10H3/b12-11+,25-15+,26-16+,31-17+,32-18+,35-21+,36-22+,39-29+,40-30+. The molecule has 0 rings (SSSR count). The second-order valence-corrected chi connectivity index (χ2v) is 12.0. The van der Waals surface area contributed by atoms with Gasteiger partial charge >= 0.3 is 0 Å². The summed E-state index contributed by atoms with van der Waals surface area (Å²) in [4.78, 5) is 0. The molecule has 0 N–H and O–H groups in total. The second kappa shape index (κ2) is 24.0. The highest BCUT2D eigenvalue weighted by Crippen LogP contribution is 2.14. The number of allylic oxidation sites excluding steroid dienone is 22. The van der Waals surface area contributed by atoms with Crippen LogP contribution in [0.3, 0.4) is 0 Å². The number of hydrogen-bond donors (Lipinski definition) is 0. The van der Waals surface area contributed by atoms with Gasteiger partial charge in [0.15, 0.2) is 0 Å². The van der Waals surface area contributed by atoms with Gasteiger partial charge in [0.25, 0.3) is 0 Å². The summed E-state index contributed by atoms with van der Waals surface area (Å²) in [6, 6.07) is 0. The predicted octanol–water partition coefficient (Wildman–Crippen LogP) is 13.1. The van der Waals surface area contributed by atoms with Crippen molar-refractivity contribution in [3.8, 4) is 0 Å². The molecule has 0 saturated heterocycles. The Morgan fingerprint density at radius 1 is 0.450 bits per heavy atom. The van der Waals surface area contributed by atoms with Gasteiger partial charge in [0.1, 0.15) is 0 Å². The van der Waals surface area contributed by atoms with E-state index >= 15 is 0 Å². The molecule has 0 nitrogen and oxygen atoms in total. The highest BCUT2D eigenvalue weighted by atomic mass is 14.0. The predicted molar refractivity (Wildman–Crippen MR) is 186 cm³/mol. The van der Waals surface area contributed by atoms with Crippen LogP contribution in [-0.4, -0.2) is 0 Å². The summed E-state index contributed by atoms with van der Waals surface area (Å²) in [5.74, 6) is 1.45. The molecule has 40 heavy (non-hydrogen) atoms. The van der Waals surface area contributed by atoms with Crippen LogP contribution in [0.15, 0.2) is 131 Å². The van der Waals surface area contributed by atoms with Gasteiger partial charge in [-0.05, 0) is 106 Å². The fraction of sp³-hybridized carbons (Fsp3) is 0.450. The fourth-order valence-electron chi connectivity index (χ4n) is 3.86. The van der Waals surface area contributed by atoms with Crippen molar-refractivity contribution in [1.82, 2.24) is 0 Å². The highest BCUT2D eigenvalue weighted by Gasteiger charge is 1.98. The molecule has 0 saturated carbocycles. The maximum atomic E-state index is 2.34. The van der Waals surface area contributed by atoms with E-state index in [0.717, 1.165) is 24.7 Å². The Kier molecular flexibility index (Phi) is 22.3. The molecule has 0 radical (unpaired) electrons. The summed E-state index contributed by atoms with van der Waals surface area (Å²) in [6.07, 6.45) is 42.4. The van der Waals surface area contributed by atoms with Gasteiger partial charge < -0.3 is 0 Å². The molecular weight excluding hydrogens is 480 g/mol. The SMILES string of the molecule is CC(C)=CCCC(C)C/C=C/C(C)=C/C=C/C(C)=C/C=C/C=C(C)/C=C/C=C(C)/C=C/CC(C)CCC=C(C)C. The fourth-order valence-corrected chi connectivity index (χ4v) is 3.86. The van der Waals surface area contributed by atoms with Gasteiger partial charge in [0.2, 0.25) is 0 Å². The van der Waals surface area contributed by atoms with Gasteiger partial charge in [-0.3, -0.25) is 0 Å². The highest BCUT2D eigenvalue weighted by molar-refractivity contribution is 5.31. The number of hydrogen-bond acceptors (Lipinski definition) is 0. The molecule has 0 aromatic carbocycles. The Bertz CT molecular complexity index is 942. The Balaban J connectivity index is 4.55. The number of rotatable bonds is 18. The van der Waals surface area contributed by atoms with Crippen LogP contribution in [0.5, 0.6) is 0 Å². The summed E-state index contributed by atoms with van der Waals surface area (Å²) >= 11 is 0. The third-order valence-corrected chi connectivity index (χ3v) is 6.53. The zero-order chi connectivity index (χ0) is 30.2. The van der Waals surface area contributed by atoms with Gasteiger partial charge in [-0.2, -0.15) is 0 Å². The molecule has 2 atom stereocenters. The van der Waals surface area contributed by atoms with Crippen molar-refractivity contribution in [2.24, 2.45) is 11.8 Å².